The molecule has 1 aromatic heterocycles. The summed E-state index contributed by atoms with van der Waals surface area (Å²) < 4.78 is 0. The fourth-order valence-electron chi connectivity index (χ4n) is 2.51. The maximum Gasteiger partial charge on any atom is 0.220 e. The highest BCUT2D eigenvalue weighted by Crippen LogP contribution is 2.18. The molecule has 3 N–H and O–H groups in total. The van der Waals surface area contributed by atoms with Gasteiger partial charge in [-0.3, -0.25) is 4.79 Å². The lowest BCUT2D eigenvalue weighted by molar-refractivity contribution is -0.121. The Bertz CT molecular complexity index is 465. The number of rotatable bonds is 6. The van der Waals surface area contributed by atoms with Gasteiger partial charge in [0.05, 0.1) is 0 Å². The Morgan fingerprint density at radius 2 is 2.04 bits per heavy atom. The van der Waals surface area contributed by atoms with Crippen LogP contribution in [0.1, 0.15) is 44.6 Å². The summed E-state index contributed by atoms with van der Waals surface area (Å²) in [4.78, 5) is 18.5. The molecule has 5 nitrogen and oxygen atoms in total. The zero-order valence-electron chi connectivity index (χ0n) is 13.7. The SMILES string of the molecule is CC(N)CCC(=O)NCc1ccnc(N2CCCCC2)c1.Cl.Cl. The van der Waals surface area contributed by atoms with E-state index in [0.29, 0.717) is 13.0 Å². The normalized spacial score (nSPS) is 15.1. The van der Waals surface area contributed by atoms with Crippen LogP contribution in [0.25, 0.3) is 0 Å². The Labute approximate surface area is 151 Å². The third kappa shape index (κ3) is 7.86. The molecule has 0 radical (unpaired) electrons. The number of aromatic nitrogens is 1. The van der Waals surface area contributed by atoms with Crippen LogP contribution in [0.15, 0.2) is 18.3 Å². The zero-order valence-corrected chi connectivity index (χ0v) is 15.3. The highest BCUT2D eigenvalue weighted by molar-refractivity contribution is 5.85. The second-order valence-electron chi connectivity index (χ2n) is 5.86. The van der Waals surface area contributed by atoms with Gasteiger partial charge >= 0.3 is 0 Å². The first kappa shape index (κ1) is 22.0. The van der Waals surface area contributed by atoms with Gasteiger partial charge in [0.15, 0.2) is 0 Å². The van der Waals surface area contributed by atoms with E-state index in [0.717, 1.165) is 30.9 Å². The van der Waals surface area contributed by atoms with Gasteiger partial charge in [0.2, 0.25) is 5.91 Å². The van der Waals surface area contributed by atoms with Crippen LogP contribution in [-0.2, 0) is 11.3 Å². The molecule has 0 bridgehead atoms. The minimum absolute atomic E-state index is 0. The zero-order chi connectivity index (χ0) is 15.1. The van der Waals surface area contributed by atoms with Crippen LogP contribution < -0.4 is 16.0 Å². The largest absolute Gasteiger partial charge is 0.357 e. The van der Waals surface area contributed by atoms with E-state index < -0.39 is 0 Å². The van der Waals surface area contributed by atoms with Gasteiger partial charge < -0.3 is 16.0 Å². The van der Waals surface area contributed by atoms with Crippen molar-refractivity contribution >= 4 is 36.5 Å². The van der Waals surface area contributed by atoms with Crippen molar-refractivity contribution in [3.63, 3.8) is 0 Å². The topological polar surface area (TPSA) is 71.2 Å². The van der Waals surface area contributed by atoms with Crippen molar-refractivity contribution < 1.29 is 4.79 Å². The molecular weight excluding hydrogens is 335 g/mol. The van der Waals surface area contributed by atoms with E-state index in [1.165, 1.54) is 19.3 Å². The van der Waals surface area contributed by atoms with Crippen molar-refractivity contribution in [2.75, 3.05) is 18.0 Å². The number of carbonyl (C=O) groups excluding carboxylic acids is 1. The number of halogens is 2. The molecule has 1 atom stereocenters. The molecule has 1 unspecified atom stereocenters. The van der Waals surface area contributed by atoms with Crippen LogP contribution in [0.2, 0.25) is 0 Å². The van der Waals surface area contributed by atoms with Gasteiger partial charge in [0.1, 0.15) is 5.82 Å². The smallest absolute Gasteiger partial charge is 0.220 e. The maximum atomic E-state index is 11.7. The minimum Gasteiger partial charge on any atom is -0.357 e. The number of piperidine rings is 1. The number of nitrogens with two attached hydrogens (primary N) is 1. The highest BCUT2D eigenvalue weighted by atomic mass is 35.5. The standard InChI is InChI=1S/C16H26N4O.2ClH/c1-13(17)5-6-16(21)19-12-14-7-8-18-15(11-14)20-9-3-2-4-10-20;;/h7-8,11,13H,2-6,9-10,12,17H2,1H3,(H,19,21);2*1H. The number of carbonyl (C=O) groups is 1. The first-order chi connectivity index (χ1) is 10.1. The monoisotopic (exact) mass is 362 g/mol. The molecule has 0 saturated carbocycles. The van der Waals surface area contributed by atoms with E-state index in [1.807, 2.05) is 19.2 Å². The minimum atomic E-state index is 0. The van der Waals surface area contributed by atoms with Crippen LogP contribution in [-0.4, -0.2) is 30.0 Å². The lowest BCUT2D eigenvalue weighted by Crippen LogP contribution is -2.30. The number of hydrogen-bond acceptors (Lipinski definition) is 4. The molecule has 132 valence electrons. The van der Waals surface area contributed by atoms with Crippen molar-refractivity contribution in [1.82, 2.24) is 10.3 Å². The number of anilines is 1. The Kier molecular flexibility index (Phi) is 11.0. The molecule has 0 aromatic carbocycles. The molecule has 1 aliphatic heterocycles. The first-order valence-corrected chi connectivity index (χ1v) is 7.87. The van der Waals surface area contributed by atoms with Crippen molar-refractivity contribution in [2.45, 2.75) is 51.6 Å². The Morgan fingerprint density at radius 3 is 2.70 bits per heavy atom. The van der Waals surface area contributed by atoms with Gasteiger partial charge in [-0.25, -0.2) is 4.98 Å². The van der Waals surface area contributed by atoms with E-state index in [4.69, 9.17) is 5.73 Å². The third-order valence-electron chi connectivity index (χ3n) is 3.81. The summed E-state index contributed by atoms with van der Waals surface area (Å²) in [6.45, 7) is 4.64. The number of amides is 1. The highest BCUT2D eigenvalue weighted by Gasteiger charge is 2.12. The average Bonchev–Trinajstić information content (AvgIpc) is 2.52. The predicted octanol–water partition coefficient (Wildman–Crippen LogP) is 2.66. The van der Waals surface area contributed by atoms with Crippen LogP contribution in [0.3, 0.4) is 0 Å². The fourth-order valence-corrected chi connectivity index (χ4v) is 2.51. The molecule has 1 aromatic rings. The molecular formula is C16H28Cl2N4O. The summed E-state index contributed by atoms with van der Waals surface area (Å²) in [5.41, 5.74) is 6.75. The van der Waals surface area contributed by atoms with Crippen molar-refractivity contribution in [3.05, 3.63) is 23.9 Å². The Morgan fingerprint density at radius 1 is 1.35 bits per heavy atom. The fraction of sp³-hybridized carbons (Fsp3) is 0.625. The number of hydrogen-bond donors (Lipinski definition) is 2. The quantitative estimate of drug-likeness (QED) is 0.815. The van der Waals surface area contributed by atoms with E-state index in [9.17, 15) is 4.79 Å². The van der Waals surface area contributed by atoms with E-state index in [-0.39, 0.29) is 36.8 Å². The second-order valence-corrected chi connectivity index (χ2v) is 5.86. The first-order valence-electron chi connectivity index (χ1n) is 7.87. The van der Waals surface area contributed by atoms with Gasteiger partial charge in [0.25, 0.3) is 0 Å². The second kappa shape index (κ2) is 11.5. The summed E-state index contributed by atoms with van der Waals surface area (Å²) in [6, 6.07) is 4.11. The molecule has 0 aliphatic carbocycles. The number of nitrogens with zero attached hydrogens (tertiary/aromatic N) is 2. The molecule has 1 saturated heterocycles. The van der Waals surface area contributed by atoms with Crippen LogP contribution in [0, 0.1) is 0 Å². The van der Waals surface area contributed by atoms with Gasteiger partial charge in [0, 0.05) is 38.3 Å². The molecule has 23 heavy (non-hydrogen) atoms. The van der Waals surface area contributed by atoms with Gasteiger partial charge in [-0.05, 0) is 50.3 Å². The molecule has 1 aliphatic rings. The molecule has 2 heterocycles. The lowest BCUT2D eigenvalue weighted by Gasteiger charge is -2.27. The van der Waals surface area contributed by atoms with Gasteiger partial charge in [-0.2, -0.15) is 0 Å². The number of nitrogens with one attached hydrogen (secondary N) is 1. The molecule has 1 amide bonds. The third-order valence-corrected chi connectivity index (χ3v) is 3.81. The van der Waals surface area contributed by atoms with Crippen molar-refractivity contribution in [3.8, 4) is 0 Å². The van der Waals surface area contributed by atoms with E-state index in [1.54, 1.807) is 0 Å². The van der Waals surface area contributed by atoms with Crippen molar-refractivity contribution in [2.24, 2.45) is 5.73 Å². The molecule has 1 fully saturated rings. The van der Waals surface area contributed by atoms with Crippen LogP contribution in [0.4, 0.5) is 5.82 Å². The summed E-state index contributed by atoms with van der Waals surface area (Å²) >= 11 is 0. The number of pyridine rings is 1. The van der Waals surface area contributed by atoms with Crippen LogP contribution in [0.5, 0.6) is 0 Å². The lowest BCUT2D eigenvalue weighted by atomic mass is 10.1. The summed E-state index contributed by atoms with van der Waals surface area (Å²) in [6.07, 6.45) is 6.82. The summed E-state index contributed by atoms with van der Waals surface area (Å²) in [5.74, 6) is 1.08. The van der Waals surface area contributed by atoms with Crippen LogP contribution >= 0.6 is 24.8 Å². The van der Waals surface area contributed by atoms with E-state index >= 15 is 0 Å². The Hall–Kier alpha value is -1.04. The van der Waals surface area contributed by atoms with Gasteiger partial charge in [-0.15, -0.1) is 24.8 Å². The van der Waals surface area contributed by atoms with Crippen molar-refractivity contribution in [1.29, 1.82) is 0 Å². The molecule has 2 rings (SSSR count). The summed E-state index contributed by atoms with van der Waals surface area (Å²) in [7, 11) is 0. The molecule has 0 spiro atoms. The van der Waals surface area contributed by atoms with E-state index in [2.05, 4.69) is 21.3 Å². The molecule has 7 heteroatoms. The summed E-state index contributed by atoms with van der Waals surface area (Å²) in [5, 5.41) is 2.94. The Balaban J connectivity index is 0.00000242. The van der Waals surface area contributed by atoms with Gasteiger partial charge in [-0.1, -0.05) is 0 Å². The average molecular weight is 363 g/mol. The predicted molar refractivity (Wildman–Crippen MR) is 99.5 cm³/mol. The maximum absolute atomic E-state index is 11.7.